The molecule has 21 heavy (non-hydrogen) atoms. The molecule has 0 bridgehead atoms. The van der Waals surface area contributed by atoms with Crippen LogP contribution in [0.25, 0.3) is 0 Å². The SMILES string of the molecule is CCOC(C#CCCCCCC(=O)OCC(C)C)OCC. The first kappa shape index (κ1) is 19.9. The maximum Gasteiger partial charge on any atom is 0.305 e. The molecule has 0 saturated heterocycles. The Morgan fingerprint density at radius 3 is 2.29 bits per heavy atom. The highest BCUT2D eigenvalue weighted by molar-refractivity contribution is 5.69. The summed E-state index contributed by atoms with van der Waals surface area (Å²) in [6.07, 6.45) is 3.72. The van der Waals surface area contributed by atoms with Gasteiger partial charge in [0.1, 0.15) is 0 Å². The lowest BCUT2D eigenvalue weighted by atomic mass is 10.1. The van der Waals surface area contributed by atoms with Gasteiger partial charge in [-0.1, -0.05) is 26.2 Å². The van der Waals surface area contributed by atoms with E-state index in [1.165, 1.54) is 0 Å². The van der Waals surface area contributed by atoms with E-state index in [0.29, 0.717) is 32.2 Å². The van der Waals surface area contributed by atoms with Gasteiger partial charge in [-0.3, -0.25) is 4.79 Å². The lowest BCUT2D eigenvalue weighted by Crippen LogP contribution is -2.14. The van der Waals surface area contributed by atoms with Gasteiger partial charge in [0.15, 0.2) is 0 Å². The maximum absolute atomic E-state index is 11.4. The summed E-state index contributed by atoms with van der Waals surface area (Å²) < 4.78 is 15.8. The second kappa shape index (κ2) is 13.9. The monoisotopic (exact) mass is 298 g/mol. The van der Waals surface area contributed by atoms with E-state index in [4.69, 9.17) is 14.2 Å². The normalized spacial score (nSPS) is 10.6. The second-order valence-corrected chi connectivity index (χ2v) is 5.20. The average Bonchev–Trinajstić information content (AvgIpc) is 2.44. The molecule has 0 fully saturated rings. The predicted molar refractivity (Wildman–Crippen MR) is 83.7 cm³/mol. The summed E-state index contributed by atoms with van der Waals surface area (Å²) in [5.41, 5.74) is 0. The molecule has 122 valence electrons. The fourth-order valence-corrected chi connectivity index (χ4v) is 1.58. The van der Waals surface area contributed by atoms with Crippen molar-refractivity contribution in [3.8, 4) is 11.8 Å². The number of unbranched alkanes of at least 4 members (excludes halogenated alkanes) is 3. The third-order valence-electron chi connectivity index (χ3n) is 2.62. The number of hydrogen-bond acceptors (Lipinski definition) is 4. The lowest BCUT2D eigenvalue weighted by Gasteiger charge is -2.09. The topological polar surface area (TPSA) is 44.8 Å². The third-order valence-corrected chi connectivity index (χ3v) is 2.62. The Morgan fingerprint density at radius 1 is 1.05 bits per heavy atom. The minimum atomic E-state index is -0.411. The Hall–Kier alpha value is -1.05. The van der Waals surface area contributed by atoms with Crippen molar-refractivity contribution in [3.63, 3.8) is 0 Å². The van der Waals surface area contributed by atoms with E-state index in [9.17, 15) is 4.79 Å². The Bertz CT molecular complexity index is 308. The van der Waals surface area contributed by atoms with Crippen molar-refractivity contribution in [2.24, 2.45) is 5.92 Å². The minimum absolute atomic E-state index is 0.0949. The number of carbonyl (C=O) groups is 1. The van der Waals surface area contributed by atoms with E-state index < -0.39 is 6.29 Å². The molecule has 0 unspecified atom stereocenters. The van der Waals surface area contributed by atoms with E-state index in [0.717, 1.165) is 25.7 Å². The number of carbonyl (C=O) groups excluding carboxylic acids is 1. The van der Waals surface area contributed by atoms with Crippen molar-refractivity contribution in [2.45, 2.75) is 66.1 Å². The summed E-state index contributed by atoms with van der Waals surface area (Å²) in [4.78, 5) is 11.4. The molecule has 0 amide bonds. The van der Waals surface area contributed by atoms with Gasteiger partial charge in [-0.2, -0.15) is 0 Å². The molecule has 0 aliphatic carbocycles. The van der Waals surface area contributed by atoms with Gasteiger partial charge in [0.2, 0.25) is 6.29 Å². The largest absolute Gasteiger partial charge is 0.465 e. The molecule has 0 aliphatic rings. The van der Waals surface area contributed by atoms with Crippen molar-refractivity contribution in [2.75, 3.05) is 19.8 Å². The van der Waals surface area contributed by atoms with Gasteiger partial charge in [0.05, 0.1) is 6.61 Å². The van der Waals surface area contributed by atoms with Gasteiger partial charge in [0, 0.05) is 26.1 Å². The molecule has 0 radical (unpaired) electrons. The molecule has 0 aromatic rings. The second-order valence-electron chi connectivity index (χ2n) is 5.20. The molecule has 0 N–H and O–H groups in total. The van der Waals surface area contributed by atoms with Gasteiger partial charge in [-0.15, -0.1) is 0 Å². The summed E-state index contributed by atoms with van der Waals surface area (Å²) in [7, 11) is 0. The molecule has 0 aromatic carbocycles. The molecule has 0 spiro atoms. The summed E-state index contributed by atoms with van der Waals surface area (Å²) in [6, 6.07) is 0. The van der Waals surface area contributed by atoms with Crippen LogP contribution in [-0.4, -0.2) is 32.1 Å². The molecule has 0 aliphatic heterocycles. The van der Waals surface area contributed by atoms with Crippen LogP contribution < -0.4 is 0 Å². The van der Waals surface area contributed by atoms with E-state index in [1.807, 2.05) is 27.7 Å². The summed E-state index contributed by atoms with van der Waals surface area (Å²) in [5, 5.41) is 0. The number of hydrogen-bond donors (Lipinski definition) is 0. The van der Waals surface area contributed by atoms with Crippen LogP contribution in [0, 0.1) is 17.8 Å². The Kier molecular flexibility index (Phi) is 13.2. The van der Waals surface area contributed by atoms with Crippen molar-refractivity contribution in [1.82, 2.24) is 0 Å². The van der Waals surface area contributed by atoms with Gasteiger partial charge in [-0.25, -0.2) is 0 Å². The van der Waals surface area contributed by atoms with Crippen molar-refractivity contribution < 1.29 is 19.0 Å². The van der Waals surface area contributed by atoms with Gasteiger partial charge >= 0.3 is 5.97 Å². The molecule has 0 saturated carbocycles. The zero-order valence-electron chi connectivity index (χ0n) is 13.9. The molecule has 4 nitrogen and oxygen atoms in total. The molecule has 0 atom stereocenters. The minimum Gasteiger partial charge on any atom is -0.465 e. The average molecular weight is 298 g/mol. The highest BCUT2D eigenvalue weighted by Gasteiger charge is 2.04. The van der Waals surface area contributed by atoms with Gasteiger partial charge in [0.25, 0.3) is 0 Å². The Balaban J connectivity index is 3.60. The summed E-state index contributed by atoms with van der Waals surface area (Å²) in [6.45, 7) is 9.61. The third kappa shape index (κ3) is 13.7. The van der Waals surface area contributed by atoms with Crippen LogP contribution in [0.4, 0.5) is 0 Å². The first-order chi connectivity index (χ1) is 10.1. The van der Waals surface area contributed by atoms with E-state index in [-0.39, 0.29) is 5.97 Å². The zero-order chi connectivity index (χ0) is 15.9. The maximum atomic E-state index is 11.4. The zero-order valence-corrected chi connectivity index (χ0v) is 13.9. The molecule has 0 aromatic heterocycles. The first-order valence-corrected chi connectivity index (χ1v) is 7.97. The van der Waals surface area contributed by atoms with E-state index in [1.54, 1.807) is 0 Å². The number of ether oxygens (including phenoxy) is 3. The highest BCUT2D eigenvalue weighted by Crippen LogP contribution is 2.05. The van der Waals surface area contributed by atoms with Crippen LogP contribution in [0.1, 0.15) is 59.8 Å². The quantitative estimate of drug-likeness (QED) is 0.253. The lowest BCUT2D eigenvalue weighted by molar-refractivity contribution is -0.144. The molecular weight excluding hydrogens is 268 g/mol. The van der Waals surface area contributed by atoms with Crippen LogP contribution in [0.15, 0.2) is 0 Å². The van der Waals surface area contributed by atoms with Crippen LogP contribution in [0.3, 0.4) is 0 Å². The van der Waals surface area contributed by atoms with E-state index >= 15 is 0 Å². The molecule has 4 heteroatoms. The first-order valence-electron chi connectivity index (χ1n) is 7.97. The fourth-order valence-electron chi connectivity index (χ4n) is 1.58. The fraction of sp³-hybridized carbons (Fsp3) is 0.824. The standard InChI is InChI=1S/C17H30O4/c1-5-19-17(20-6-2)13-11-9-7-8-10-12-16(18)21-14-15(3)4/h15,17H,5-10,12,14H2,1-4H3. The number of rotatable bonds is 11. The Labute approximate surface area is 129 Å². The van der Waals surface area contributed by atoms with Crippen molar-refractivity contribution in [3.05, 3.63) is 0 Å². The van der Waals surface area contributed by atoms with Crippen LogP contribution >= 0.6 is 0 Å². The van der Waals surface area contributed by atoms with Crippen LogP contribution in [-0.2, 0) is 19.0 Å². The smallest absolute Gasteiger partial charge is 0.305 e. The van der Waals surface area contributed by atoms with E-state index in [2.05, 4.69) is 11.8 Å². The predicted octanol–water partition coefficient (Wildman–Crippen LogP) is 3.54. The highest BCUT2D eigenvalue weighted by atomic mass is 16.7. The summed E-state index contributed by atoms with van der Waals surface area (Å²) in [5.74, 6) is 6.34. The molecule has 0 heterocycles. The van der Waals surface area contributed by atoms with Crippen LogP contribution in [0.5, 0.6) is 0 Å². The molecular formula is C17H30O4. The van der Waals surface area contributed by atoms with Crippen LogP contribution in [0.2, 0.25) is 0 Å². The van der Waals surface area contributed by atoms with Crippen molar-refractivity contribution in [1.29, 1.82) is 0 Å². The molecule has 0 rings (SSSR count). The summed E-state index contributed by atoms with van der Waals surface area (Å²) >= 11 is 0. The Morgan fingerprint density at radius 2 is 1.71 bits per heavy atom. The van der Waals surface area contributed by atoms with Gasteiger partial charge in [-0.05, 0) is 38.5 Å². The van der Waals surface area contributed by atoms with Crippen molar-refractivity contribution >= 4 is 5.97 Å². The van der Waals surface area contributed by atoms with Gasteiger partial charge < -0.3 is 14.2 Å². The number of esters is 1.